The highest BCUT2D eigenvalue weighted by Gasteiger charge is 2.27. The molecule has 4 nitrogen and oxygen atoms in total. The molecule has 1 aliphatic rings. The van der Waals surface area contributed by atoms with Gasteiger partial charge in [0.05, 0.1) is 12.6 Å². The Morgan fingerprint density at radius 1 is 1.12 bits per heavy atom. The fourth-order valence-corrected chi connectivity index (χ4v) is 4.73. The molecular weight excluding hydrogens is 432 g/mol. The molecule has 1 aliphatic heterocycles. The first-order chi connectivity index (χ1) is 15.2. The molecule has 0 saturated carbocycles. The summed E-state index contributed by atoms with van der Waals surface area (Å²) in [7, 11) is 1.40. The SMILES string of the molecule is COc1cc(F)c(F)cc1-c1ccc2c(c1COC(=O)c1cccs1)C(C)=CC(C)(C)N2. The minimum absolute atomic E-state index is 0.0370. The first-order valence-electron chi connectivity index (χ1n) is 10.1. The molecule has 0 bridgehead atoms. The monoisotopic (exact) mass is 455 g/mol. The smallest absolute Gasteiger partial charge is 0.348 e. The number of esters is 1. The number of nitrogens with one attached hydrogen (secondary N) is 1. The number of hydrogen-bond acceptors (Lipinski definition) is 5. The zero-order chi connectivity index (χ0) is 23.0. The van der Waals surface area contributed by atoms with E-state index in [1.807, 2.05) is 19.1 Å². The second kappa shape index (κ2) is 8.39. The van der Waals surface area contributed by atoms with E-state index in [4.69, 9.17) is 9.47 Å². The van der Waals surface area contributed by atoms with Crippen LogP contribution in [0.5, 0.6) is 5.75 Å². The minimum atomic E-state index is -0.992. The first-order valence-corrected chi connectivity index (χ1v) is 11.0. The Labute approximate surface area is 189 Å². The van der Waals surface area contributed by atoms with Crippen LogP contribution in [0.2, 0.25) is 0 Å². The van der Waals surface area contributed by atoms with Gasteiger partial charge in [-0.2, -0.15) is 0 Å². The van der Waals surface area contributed by atoms with Gasteiger partial charge in [-0.25, -0.2) is 13.6 Å². The van der Waals surface area contributed by atoms with Gasteiger partial charge in [-0.3, -0.25) is 0 Å². The van der Waals surface area contributed by atoms with E-state index in [-0.39, 0.29) is 17.9 Å². The second-order valence-corrected chi connectivity index (χ2v) is 9.16. The maximum absolute atomic E-state index is 14.2. The second-order valence-electron chi connectivity index (χ2n) is 8.21. The Bertz CT molecular complexity index is 1220. The standard InChI is InChI=1S/C25H23F2NO3S/c1-14-12-25(2,3)28-20-8-7-15(16-10-18(26)19(27)11-21(16)30-4)17(23(14)20)13-31-24(29)22-6-5-9-32-22/h5-12,28H,13H2,1-4H3. The number of thiophene rings is 1. The van der Waals surface area contributed by atoms with Gasteiger partial charge in [0.2, 0.25) is 0 Å². The molecule has 0 fully saturated rings. The zero-order valence-electron chi connectivity index (χ0n) is 18.2. The summed E-state index contributed by atoms with van der Waals surface area (Å²) in [6, 6.07) is 9.32. The quantitative estimate of drug-likeness (QED) is 0.437. The summed E-state index contributed by atoms with van der Waals surface area (Å²) < 4.78 is 39.0. The predicted octanol–water partition coefficient (Wildman–Crippen LogP) is 6.67. The molecule has 2 heterocycles. The summed E-state index contributed by atoms with van der Waals surface area (Å²) in [5.74, 6) is -2.22. The van der Waals surface area contributed by atoms with Crippen molar-refractivity contribution < 1.29 is 23.0 Å². The lowest BCUT2D eigenvalue weighted by atomic mass is 9.85. The van der Waals surface area contributed by atoms with Crippen molar-refractivity contribution >= 4 is 28.6 Å². The fraction of sp³-hybridized carbons (Fsp3) is 0.240. The topological polar surface area (TPSA) is 47.6 Å². The lowest BCUT2D eigenvalue weighted by Crippen LogP contribution is -2.32. The van der Waals surface area contributed by atoms with Gasteiger partial charge in [-0.05, 0) is 55.5 Å². The zero-order valence-corrected chi connectivity index (χ0v) is 19.0. The number of carbonyl (C=O) groups excluding carboxylic acids is 1. The van der Waals surface area contributed by atoms with Gasteiger partial charge in [-0.15, -0.1) is 11.3 Å². The van der Waals surface area contributed by atoms with E-state index >= 15 is 0 Å². The van der Waals surface area contributed by atoms with E-state index in [9.17, 15) is 13.6 Å². The summed E-state index contributed by atoms with van der Waals surface area (Å²) in [5, 5.41) is 5.27. The molecule has 7 heteroatoms. The van der Waals surface area contributed by atoms with Crippen molar-refractivity contribution in [3.05, 3.63) is 75.5 Å². The average molecular weight is 456 g/mol. The van der Waals surface area contributed by atoms with Crippen LogP contribution in [0.1, 0.15) is 41.6 Å². The third-order valence-corrected chi connectivity index (χ3v) is 6.19. The molecule has 32 heavy (non-hydrogen) atoms. The molecule has 0 atom stereocenters. The normalized spacial score (nSPS) is 14.2. The van der Waals surface area contributed by atoms with Crippen LogP contribution in [0.3, 0.4) is 0 Å². The number of ether oxygens (including phenoxy) is 2. The van der Waals surface area contributed by atoms with Crippen molar-refractivity contribution in [1.82, 2.24) is 0 Å². The molecule has 0 spiro atoms. The third-order valence-electron chi connectivity index (χ3n) is 5.34. The summed E-state index contributed by atoms with van der Waals surface area (Å²) in [6.07, 6.45) is 2.09. The molecule has 0 unspecified atom stereocenters. The largest absolute Gasteiger partial charge is 0.496 e. The Kier molecular flexibility index (Phi) is 5.77. The van der Waals surface area contributed by atoms with E-state index in [0.717, 1.165) is 29.0 Å². The number of rotatable bonds is 5. The first kappa shape index (κ1) is 22.0. The molecule has 0 radical (unpaired) electrons. The van der Waals surface area contributed by atoms with Crippen molar-refractivity contribution in [1.29, 1.82) is 0 Å². The van der Waals surface area contributed by atoms with Crippen LogP contribution in [0, 0.1) is 11.6 Å². The highest BCUT2D eigenvalue weighted by atomic mass is 32.1. The van der Waals surface area contributed by atoms with Gasteiger partial charge in [0.25, 0.3) is 0 Å². The van der Waals surface area contributed by atoms with Crippen molar-refractivity contribution in [3.63, 3.8) is 0 Å². The maximum Gasteiger partial charge on any atom is 0.348 e. The maximum atomic E-state index is 14.2. The van der Waals surface area contributed by atoms with E-state index in [2.05, 4.69) is 25.2 Å². The minimum Gasteiger partial charge on any atom is -0.496 e. The van der Waals surface area contributed by atoms with Crippen LogP contribution in [0.15, 0.2) is 47.9 Å². The number of anilines is 1. The molecular formula is C25H23F2NO3S. The highest BCUT2D eigenvalue weighted by Crippen LogP contribution is 2.43. The number of hydrogen-bond donors (Lipinski definition) is 1. The number of halogens is 2. The van der Waals surface area contributed by atoms with Gasteiger partial charge in [0.15, 0.2) is 11.6 Å². The molecule has 4 rings (SSSR count). The van der Waals surface area contributed by atoms with Crippen LogP contribution in [-0.4, -0.2) is 18.6 Å². The molecule has 1 aromatic heterocycles. The lowest BCUT2D eigenvalue weighted by Gasteiger charge is -2.33. The summed E-state index contributed by atoms with van der Waals surface area (Å²) in [6.45, 7) is 6.06. The number of allylic oxidation sites excluding steroid dienone is 1. The van der Waals surface area contributed by atoms with Crippen LogP contribution in [0.25, 0.3) is 16.7 Å². The van der Waals surface area contributed by atoms with E-state index < -0.39 is 17.6 Å². The van der Waals surface area contributed by atoms with Gasteiger partial charge in [0.1, 0.15) is 17.2 Å². The molecule has 1 N–H and O–H groups in total. The number of fused-ring (bicyclic) bond motifs is 1. The summed E-state index contributed by atoms with van der Waals surface area (Å²) in [4.78, 5) is 13.0. The number of methoxy groups -OCH3 is 1. The van der Waals surface area contributed by atoms with Crippen LogP contribution in [0.4, 0.5) is 14.5 Å². The van der Waals surface area contributed by atoms with Crippen molar-refractivity contribution in [2.75, 3.05) is 12.4 Å². The van der Waals surface area contributed by atoms with E-state index in [1.165, 1.54) is 18.4 Å². The molecule has 0 aliphatic carbocycles. The van der Waals surface area contributed by atoms with E-state index in [1.54, 1.807) is 17.5 Å². The van der Waals surface area contributed by atoms with Gasteiger partial charge >= 0.3 is 5.97 Å². The fourth-order valence-electron chi connectivity index (χ4n) is 4.11. The highest BCUT2D eigenvalue weighted by molar-refractivity contribution is 7.11. The molecule has 0 amide bonds. The summed E-state index contributed by atoms with van der Waals surface area (Å²) >= 11 is 1.30. The predicted molar refractivity (Wildman–Crippen MR) is 123 cm³/mol. The molecule has 0 saturated heterocycles. The Balaban J connectivity index is 1.87. The Morgan fingerprint density at radius 2 is 1.88 bits per heavy atom. The van der Waals surface area contributed by atoms with Crippen molar-refractivity contribution in [3.8, 4) is 16.9 Å². The molecule has 3 aromatic rings. The van der Waals surface area contributed by atoms with E-state index in [0.29, 0.717) is 21.6 Å². The van der Waals surface area contributed by atoms with Crippen LogP contribution >= 0.6 is 11.3 Å². The van der Waals surface area contributed by atoms with Gasteiger partial charge in [-0.1, -0.05) is 18.2 Å². The van der Waals surface area contributed by atoms with Crippen LogP contribution in [-0.2, 0) is 11.3 Å². The number of carbonyl (C=O) groups is 1. The summed E-state index contributed by atoms with van der Waals surface area (Å²) in [5.41, 5.74) is 4.16. The van der Waals surface area contributed by atoms with Gasteiger partial charge < -0.3 is 14.8 Å². The molecule has 166 valence electrons. The average Bonchev–Trinajstić information content (AvgIpc) is 3.27. The lowest BCUT2D eigenvalue weighted by molar-refractivity contribution is 0.0479. The number of benzene rings is 2. The Hall–Kier alpha value is -3.19. The van der Waals surface area contributed by atoms with Crippen LogP contribution < -0.4 is 10.1 Å². The third kappa shape index (κ3) is 4.12. The Morgan fingerprint density at radius 3 is 2.56 bits per heavy atom. The van der Waals surface area contributed by atoms with Crippen molar-refractivity contribution in [2.24, 2.45) is 0 Å². The molecule has 2 aromatic carbocycles. The van der Waals surface area contributed by atoms with Gasteiger partial charge in [0, 0.05) is 28.4 Å². The van der Waals surface area contributed by atoms with Crippen molar-refractivity contribution in [2.45, 2.75) is 32.9 Å².